The molecule has 1 rings (SSSR count). The molecule has 76 valence electrons. The zero-order chi connectivity index (χ0) is 10.8. The van der Waals surface area contributed by atoms with E-state index < -0.39 is 11.7 Å². The van der Waals surface area contributed by atoms with Gasteiger partial charge in [-0.1, -0.05) is 34.1 Å². The normalized spacial score (nSPS) is 13.1. The van der Waals surface area contributed by atoms with Crippen LogP contribution in [0.1, 0.15) is 11.1 Å². The van der Waals surface area contributed by atoms with E-state index in [0.717, 1.165) is 6.07 Å². The van der Waals surface area contributed by atoms with Crippen LogP contribution in [0, 0.1) is 0 Å². The standard InChI is InChI=1S/C9H5BrF3I/c10-5-8(14)6-3-1-2-4-7(6)9(11,12)13/h1-5H/b8-5-. The second-order valence-corrected chi connectivity index (χ2v) is 4.12. The van der Waals surface area contributed by atoms with Gasteiger partial charge in [0.2, 0.25) is 0 Å². The minimum atomic E-state index is -4.30. The molecule has 0 N–H and O–H groups in total. The van der Waals surface area contributed by atoms with Crippen LogP contribution in [0.5, 0.6) is 0 Å². The predicted molar refractivity (Wildman–Crippen MR) is 62.4 cm³/mol. The highest BCUT2D eigenvalue weighted by molar-refractivity contribution is 14.1. The zero-order valence-electron chi connectivity index (χ0n) is 6.78. The van der Waals surface area contributed by atoms with Crippen molar-refractivity contribution in [2.75, 3.05) is 0 Å². The average molecular weight is 377 g/mol. The fourth-order valence-corrected chi connectivity index (χ4v) is 1.71. The largest absolute Gasteiger partial charge is 0.417 e. The van der Waals surface area contributed by atoms with Crippen molar-refractivity contribution in [2.45, 2.75) is 6.18 Å². The molecule has 14 heavy (non-hydrogen) atoms. The molecule has 0 bridgehead atoms. The Labute approximate surface area is 101 Å². The summed E-state index contributed by atoms with van der Waals surface area (Å²) in [5.41, 5.74) is -0.419. The maximum absolute atomic E-state index is 12.5. The van der Waals surface area contributed by atoms with Crippen molar-refractivity contribution in [2.24, 2.45) is 0 Å². The molecule has 0 aliphatic rings. The Morgan fingerprint density at radius 2 is 1.86 bits per heavy atom. The maximum atomic E-state index is 12.5. The predicted octanol–water partition coefficient (Wildman–Crippen LogP) is 4.83. The van der Waals surface area contributed by atoms with E-state index in [1.54, 1.807) is 6.07 Å². The molecule has 0 aromatic heterocycles. The van der Waals surface area contributed by atoms with Crippen molar-refractivity contribution >= 4 is 42.1 Å². The first-order valence-electron chi connectivity index (χ1n) is 3.59. The molecule has 0 heterocycles. The molecular formula is C9H5BrF3I. The molecule has 0 atom stereocenters. The molecule has 1 aromatic carbocycles. The van der Waals surface area contributed by atoms with Gasteiger partial charge in [0.25, 0.3) is 0 Å². The van der Waals surface area contributed by atoms with Crippen molar-refractivity contribution in [3.63, 3.8) is 0 Å². The van der Waals surface area contributed by atoms with Crippen molar-refractivity contribution in [1.82, 2.24) is 0 Å². The molecule has 0 saturated heterocycles. The number of halogens is 5. The summed E-state index contributed by atoms with van der Waals surface area (Å²) in [5, 5.41) is 0. The lowest BCUT2D eigenvalue weighted by molar-refractivity contribution is -0.137. The van der Waals surface area contributed by atoms with E-state index >= 15 is 0 Å². The first-order chi connectivity index (χ1) is 6.46. The Bertz CT molecular complexity index is 357. The Hall–Kier alpha value is -0.0400. The summed E-state index contributed by atoms with van der Waals surface area (Å²) in [4.78, 5) is 1.47. The summed E-state index contributed by atoms with van der Waals surface area (Å²) in [6.07, 6.45) is -4.30. The third kappa shape index (κ3) is 2.73. The van der Waals surface area contributed by atoms with Crippen LogP contribution in [0.25, 0.3) is 3.58 Å². The fraction of sp³-hybridized carbons (Fsp3) is 0.111. The van der Waals surface area contributed by atoms with Gasteiger partial charge in [0.15, 0.2) is 0 Å². The molecule has 5 heteroatoms. The van der Waals surface area contributed by atoms with Gasteiger partial charge >= 0.3 is 6.18 Å². The second kappa shape index (κ2) is 4.65. The SMILES string of the molecule is FC(F)(F)c1ccccc1/C(I)=C/Br. The van der Waals surface area contributed by atoms with Gasteiger partial charge in [-0.15, -0.1) is 0 Å². The van der Waals surface area contributed by atoms with Crippen molar-refractivity contribution in [3.8, 4) is 0 Å². The first kappa shape index (κ1) is 12.0. The minimum absolute atomic E-state index is 0.192. The highest BCUT2D eigenvalue weighted by atomic mass is 127. The van der Waals surface area contributed by atoms with Gasteiger partial charge in [-0.3, -0.25) is 0 Å². The quantitative estimate of drug-likeness (QED) is 0.615. The highest BCUT2D eigenvalue weighted by Gasteiger charge is 2.33. The third-order valence-corrected chi connectivity index (χ3v) is 3.79. The van der Waals surface area contributed by atoms with E-state index in [0.29, 0.717) is 3.58 Å². The average Bonchev–Trinajstić information content (AvgIpc) is 2.15. The van der Waals surface area contributed by atoms with E-state index in [1.165, 1.54) is 17.1 Å². The Morgan fingerprint density at radius 3 is 2.36 bits per heavy atom. The van der Waals surface area contributed by atoms with E-state index in [2.05, 4.69) is 15.9 Å². The van der Waals surface area contributed by atoms with Gasteiger partial charge in [0.1, 0.15) is 0 Å². The number of hydrogen-bond donors (Lipinski definition) is 0. The fourth-order valence-electron chi connectivity index (χ4n) is 0.997. The second-order valence-electron chi connectivity index (χ2n) is 2.50. The van der Waals surface area contributed by atoms with E-state index in [-0.39, 0.29) is 5.56 Å². The van der Waals surface area contributed by atoms with Crippen molar-refractivity contribution < 1.29 is 13.2 Å². The van der Waals surface area contributed by atoms with Gasteiger partial charge in [-0.2, -0.15) is 13.2 Å². The molecule has 0 amide bonds. The first-order valence-corrected chi connectivity index (χ1v) is 5.58. The lowest BCUT2D eigenvalue weighted by atomic mass is 10.1. The smallest absolute Gasteiger partial charge is 0.166 e. The zero-order valence-corrected chi connectivity index (χ0v) is 10.5. The van der Waals surface area contributed by atoms with Gasteiger partial charge < -0.3 is 0 Å². The van der Waals surface area contributed by atoms with Crippen LogP contribution in [0.4, 0.5) is 13.2 Å². The van der Waals surface area contributed by atoms with Gasteiger partial charge in [-0.05, 0) is 33.6 Å². The Morgan fingerprint density at radius 1 is 1.29 bits per heavy atom. The van der Waals surface area contributed by atoms with Crippen LogP contribution < -0.4 is 0 Å². The third-order valence-electron chi connectivity index (χ3n) is 1.59. The molecule has 0 fully saturated rings. The summed E-state index contributed by atoms with van der Waals surface area (Å²) in [6, 6.07) is 5.48. The van der Waals surface area contributed by atoms with E-state index in [1.807, 2.05) is 22.6 Å². The molecule has 1 aromatic rings. The van der Waals surface area contributed by atoms with Crippen LogP contribution >= 0.6 is 38.5 Å². The number of rotatable bonds is 1. The molecule has 0 saturated carbocycles. The van der Waals surface area contributed by atoms with Crippen LogP contribution in [0.3, 0.4) is 0 Å². The van der Waals surface area contributed by atoms with Crippen LogP contribution in [-0.2, 0) is 6.18 Å². The molecule has 0 unspecified atom stereocenters. The molecule has 0 radical (unpaired) electrons. The van der Waals surface area contributed by atoms with Crippen LogP contribution in [-0.4, -0.2) is 0 Å². The summed E-state index contributed by atoms with van der Waals surface area (Å²) >= 11 is 4.87. The lowest BCUT2D eigenvalue weighted by Crippen LogP contribution is -2.07. The molecule has 0 nitrogen and oxygen atoms in total. The number of hydrogen-bond acceptors (Lipinski definition) is 0. The number of benzene rings is 1. The monoisotopic (exact) mass is 376 g/mol. The van der Waals surface area contributed by atoms with Crippen molar-refractivity contribution in [3.05, 3.63) is 40.4 Å². The molecular weight excluding hydrogens is 372 g/mol. The van der Waals surface area contributed by atoms with E-state index in [9.17, 15) is 13.2 Å². The molecule has 0 aliphatic carbocycles. The van der Waals surface area contributed by atoms with Gasteiger partial charge in [0.05, 0.1) is 5.56 Å². The topological polar surface area (TPSA) is 0 Å². The summed E-state index contributed by atoms with van der Waals surface area (Å²) in [7, 11) is 0. The van der Waals surface area contributed by atoms with Crippen LogP contribution in [0.2, 0.25) is 0 Å². The maximum Gasteiger partial charge on any atom is 0.417 e. The van der Waals surface area contributed by atoms with Crippen LogP contribution in [0.15, 0.2) is 29.3 Å². The Kier molecular flexibility index (Phi) is 4.00. The van der Waals surface area contributed by atoms with Gasteiger partial charge in [0, 0.05) is 9.14 Å². The summed E-state index contributed by atoms with van der Waals surface area (Å²) < 4.78 is 38.0. The number of alkyl halides is 3. The molecule has 0 spiro atoms. The Balaban J connectivity index is 3.31. The van der Waals surface area contributed by atoms with E-state index in [4.69, 9.17) is 0 Å². The van der Waals surface area contributed by atoms with Gasteiger partial charge in [-0.25, -0.2) is 0 Å². The summed E-state index contributed by atoms with van der Waals surface area (Å²) in [6.45, 7) is 0. The van der Waals surface area contributed by atoms with Crippen molar-refractivity contribution in [1.29, 1.82) is 0 Å². The lowest BCUT2D eigenvalue weighted by Gasteiger charge is -2.11. The molecule has 0 aliphatic heterocycles. The summed E-state index contributed by atoms with van der Waals surface area (Å²) in [5.74, 6) is 0. The minimum Gasteiger partial charge on any atom is -0.166 e. The highest BCUT2D eigenvalue weighted by Crippen LogP contribution is 2.37.